The number of amides is 1. The summed E-state index contributed by atoms with van der Waals surface area (Å²) in [6.07, 6.45) is 4.31. The van der Waals surface area contributed by atoms with Crippen LogP contribution in [0.3, 0.4) is 0 Å². The minimum absolute atomic E-state index is 0.296. The lowest BCUT2D eigenvalue weighted by atomic mass is 10.3. The third-order valence-electron chi connectivity index (χ3n) is 1.98. The van der Waals surface area contributed by atoms with Gasteiger partial charge in [-0.05, 0) is 6.07 Å². The molecule has 0 saturated heterocycles. The van der Waals surface area contributed by atoms with Crippen LogP contribution in [0.25, 0.3) is 5.82 Å². The molecule has 0 saturated carbocycles. The van der Waals surface area contributed by atoms with Gasteiger partial charge < -0.3 is 5.73 Å². The maximum Gasteiger partial charge on any atom is 0.251 e. The Balaban J connectivity index is 2.43. The predicted octanol–water partition coefficient (Wildman–Crippen LogP) is 0.238. The van der Waals surface area contributed by atoms with E-state index in [9.17, 15) is 4.79 Å². The van der Waals surface area contributed by atoms with Crippen molar-refractivity contribution in [3.8, 4) is 11.9 Å². The number of rotatable bonds is 2. The lowest BCUT2D eigenvalue weighted by Gasteiger charge is -1.98. The Labute approximate surface area is 90.9 Å². The zero-order chi connectivity index (χ0) is 11.5. The van der Waals surface area contributed by atoms with Gasteiger partial charge in [-0.15, -0.1) is 0 Å². The summed E-state index contributed by atoms with van der Waals surface area (Å²) in [5, 5.41) is 12.6. The summed E-state index contributed by atoms with van der Waals surface area (Å²) in [4.78, 5) is 14.9. The molecule has 2 aromatic rings. The van der Waals surface area contributed by atoms with E-state index in [0.29, 0.717) is 16.9 Å². The first kappa shape index (κ1) is 9.86. The summed E-state index contributed by atoms with van der Waals surface area (Å²) in [6.45, 7) is 0. The molecule has 2 heterocycles. The zero-order valence-electron chi connectivity index (χ0n) is 8.16. The second-order valence-corrected chi connectivity index (χ2v) is 3.05. The van der Waals surface area contributed by atoms with E-state index < -0.39 is 5.91 Å². The average molecular weight is 213 g/mol. The molecular formula is C10H7N5O. The highest BCUT2D eigenvalue weighted by Crippen LogP contribution is 2.07. The summed E-state index contributed by atoms with van der Waals surface area (Å²) in [5.74, 6) is -0.0887. The van der Waals surface area contributed by atoms with Crippen LogP contribution >= 0.6 is 0 Å². The van der Waals surface area contributed by atoms with Crippen molar-refractivity contribution in [2.75, 3.05) is 0 Å². The van der Waals surface area contributed by atoms with Gasteiger partial charge in [0.1, 0.15) is 0 Å². The van der Waals surface area contributed by atoms with E-state index in [0.717, 1.165) is 0 Å². The number of pyridine rings is 1. The third-order valence-corrected chi connectivity index (χ3v) is 1.98. The molecule has 0 radical (unpaired) electrons. The highest BCUT2D eigenvalue weighted by molar-refractivity contribution is 5.92. The molecular weight excluding hydrogens is 206 g/mol. The number of hydrogen-bond acceptors (Lipinski definition) is 4. The number of primary amides is 1. The molecule has 6 heteroatoms. The lowest BCUT2D eigenvalue weighted by molar-refractivity contribution is 0.100. The topological polar surface area (TPSA) is 97.6 Å². The van der Waals surface area contributed by atoms with Gasteiger partial charge in [-0.2, -0.15) is 10.4 Å². The van der Waals surface area contributed by atoms with Gasteiger partial charge in [0.15, 0.2) is 5.82 Å². The van der Waals surface area contributed by atoms with Crippen LogP contribution in [0.2, 0.25) is 0 Å². The summed E-state index contributed by atoms with van der Waals surface area (Å²) < 4.78 is 1.39. The van der Waals surface area contributed by atoms with Gasteiger partial charge >= 0.3 is 0 Å². The van der Waals surface area contributed by atoms with E-state index >= 15 is 0 Å². The molecule has 2 rings (SSSR count). The highest BCUT2D eigenvalue weighted by Gasteiger charge is 2.06. The van der Waals surface area contributed by atoms with Gasteiger partial charge in [0, 0.05) is 18.5 Å². The fourth-order valence-electron chi connectivity index (χ4n) is 1.19. The van der Waals surface area contributed by atoms with E-state index in [2.05, 4.69) is 10.1 Å². The van der Waals surface area contributed by atoms with E-state index in [4.69, 9.17) is 11.0 Å². The molecule has 0 spiro atoms. The van der Waals surface area contributed by atoms with E-state index in [1.54, 1.807) is 12.1 Å². The molecule has 0 bridgehead atoms. The van der Waals surface area contributed by atoms with Crippen LogP contribution in [0.15, 0.2) is 30.7 Å². The van der Waals surface area contributed by atoms with E-state index in [-0.39, 0.29) is 0 Å². The number of carbonyl (C=O) groups excluding carboxylic acids is 1. The SMILES string of the molecule is N#Cc1ccnc(-n2cc(C(N)=O)cn2)c1. The molecule has 78 valence electrons. The van der Waals surface area contributed by atoms with Crippen LogP contribution in [-0.4, -0.2) is 20.7 Å². The second kappa shape index (κ2) is 3.82. The standard InChI is InChI=1S/C10H7N5O/c11-4-7-1-2-13-9(3-7)15-6-8(5-14-15)10(12)16/h1-3,5-6H,(H2,12,16). The Kier molecular flexibility index (Phi) is 2.36. The van der Waals surface area contributed by atoms with Crippen molar-refractivity contribution < 1.29 is 4.79 Å². The first-order valence-corrected chi connectivity index (χ1v) is 4.41. The summed E-state index contributed by atoms with van der Waals surface area (Å²) in [7, 11) is 0. The first-order valence-electron chi connectivity index (χ1n) is 4.41. The fourth-order valence-corrected chi connectivity index (χ4v) is 1.19. The van der Waals surface area contributed by atoms with Crippen molar-refractivity contribution in [2.45, 2.75) is 0 Å². The third kappa shape index (κ3) is 1.74. The average Bonchev–Trinajstić information content (AvgIpc) is 2.78. The van der Waals surface area contributed by atoms with Gasteiger partial charge in [-0.25, -0.2) is 9.67 Å². The predicted molar refractivity (Wildman–Crippen MR) is 54.6 cm³/mol. The van der Waals surface area contributed by atoms with Crippen molar-refractivity contribution >= 4 is 5.91 Å². The highest BCUT2D eigenvalue weighted by atomic mass is 16.1. The number of nitrogens with two attached hydrogens (primary N) is 1. The molecule has 0 aliphatic carbocycles. The fraction of sp³-hybridized carbons (Fsp3) is 0. The van der Waals surface area contributed by atoms with Gasteiger partial charge in [-0.1, -0.05) is 0 Å². The minimum atomic E-state index is -0.553. The smallest absolute Gasteiger partial charge is 0.251 e. The quantitative estimate of drug-likeness (QED) is 0.772. The lowest BCUT2D eigenvalue weighted by Crippen LogP contribution is -2.09. The first-order chi connectivity index (χ1) is 7.70. The van der Waals surface area contributed by atoms with Gasteiger partial charge in [-0.3, -0.25) is 4.79 Å². The molecule has 6 nitrogen and oxygen atoms in total. The summed E-state index contributed by atoms with van der Waals surface area (Å²) >= 11 is 0. The van der Waals surface area contributed by atoms with Gasteiger partial charge in [0.2, 0.25) is 0 Å². The van der Waals surface area contributed by atoms with Crippen molar-refractivity contribution in [3.05, 3.63) is 41.9 Å². The van der Waals surface area contributed by atoms with Gasteiger partial charge in [0.05, 0.1) is 23.4 Å². The normalized spacial score (nSPS) is 9.69. The van der Waals surface area contributed by atoms with Crippen molar-refractivity contribution in [1.82, 2.24) is 14.8 Å². The number of carbonyl (C=O) groups is 1. The molecule has 0 fully saturated rings. The molecule has 2 aromatic heterocycles. The Morgan fingerprint density at radius 2 is 2.38 bits per heavy atom. The van der Waals surface area contributed by atoms with Gasteiger partial charge in [0.25, 0.3) is 5.91 Å². The molecule has 16 heavy (non-hydrogen) atoms. The Morgan fingerprint density at radius 1 is 1.56 bits per heavy atom. The maximum absolute atomic E-state index is 10.9. The monoisotopic (exact) mass is 213 g/mol. The van der Waals surface area contributed by atoms with Crippen molar-refractivity contribution in [1.29, 1.82) is 5.26 Å². The molecule has 0 unspecified atom stereocenters. The zero-order valence-corrected chi connectivity index (χ0v) is 8.16. The number of nitriles is 1. The van der Waals surface area contributed by atoms with E-state index in [1.807, 2.05) is 6.07 Å². The number of aromatic nitrogens is 3. The van der Waals surface area contributed by atoms with E-state index in [1.165, 1.54) is 23.3 Å². The Bertz CT molecular complexity index is 581. The second-order valence-electron chi connectivity index (χ2n) is 3.05. The number of hydrogen-bond donors (Lipinski definition) is 1. The Hall–Kier alpha value is -2.68. The molecule has 0 aromatic carbocycles. The molecule has 0 aliphatic heterocycles. The van der Waals surface area contributed by atoms with Crippen LogP contribution in [-0.2, 0) is 0 Å². The van der Waals surface area contributed by atoms with Crippen molar-refractivity contribution in [2.24, 2.45) is 5.73 Å². The molecule has 0 aliphatic rings. The summed E-state index contributed by atoms with van der Waals surface area (Å²) in [5.41, 5.74) is 5.86. The maximum atomic E-state index is 10.9. The van der Waals surface area contributed by atoms with Crippen LogP contribution in [0.5, 0.6) is 0 Å². The Morgan fingerprint density at radius 3 is 3.00 bits per heavy atom. The van der Waals surface area contributed by atoms with Crippen LogP contribution in [0.4, 0.5) is 0 Å². The molecule has 1 amide bonds. The number of nitrogens with zero attached hydrogens (tertiary/aromatic N) is 4. The summed E-state index contributed by atoms with van der Waals surface area (Å²) in [6, 6.07) is 5.15. The van der Waals surface area contributed by atoms with Crippen molar-refractivity contribution in [3.63, 3.8) is 0 Å². The van der Waals surface area contributed by atoms with Crippen LogP contribution in [0, 0.1) is 11.3 Å². The molecule has 2 N–H and O–H groups in total. The minimum Gasteiger partial charge on any atom is -0.366 e. The van der Waals surface area contributed by atoms with Crippen LogP contribution < -0.4 is 5.73 Å². The largest absolute Gasteiger partial charge is 0.366 e. The molecule has 0 atom stereocenters. The van der Waals surface area contributed by atoms with Crippen LogP contribution in [0.1, 0.15) is 15.9 Å².